The van der Waals surface area contributed by atoms with Crippen molar-refractivity contribution in [1.82, 2.24) is 20.1 Å². The van der Waals surface area contributed by atoms with E-state index in [9.17, 15) is 4.79 Å². The van der Waals surface area contributed by atoms with Gasteiger partial charge >= 0.3 is 0 Å². The van der Waals surface area contributed by atoms with E-state index in [-0.39, 0.29) is 11.8 Å². The van der Waals surface area contributed by atoms with Gasteiger partial charge in [-0.1, -0.05) is 60.1 Å². The van der Waals surface area contributed by atoms with Crippen LogP contribution in [-0.2, 0) is 11.3 Å². The minimum absolute atomic E-state index is 0.0155. The Labute approximate surface area is 164 Å². The summed E-state index contributed by atoms with van der Waals surface area (Å²) in [6.45, 7) is 4.87. The van der Waals surface area contributed by atoms with Crippen LogP contribution in [0.25, 0.3) is 0 Å². The third-order valence-corrected chi connectivity index (χ3v) is 4.82. The van der Waals surface area contributed by atoms with Crippen molar-refractivity contribution >= 4 is 17.5 Å². The highest BCUT2D eigenvalue weighted by atomic mass is 35.5. The SMILES string of the molecule is Cc1nc(C)n(CCNC(=O)CC(c2ccccc2)c2ccccc2Cl)n1. The van der Waals surface area contributed by atoms with E-state index < -0.39 is 0 Å². The van der Waals surface area contributed by atoms with Crippen LogP contribution in [0, 0.1) is 13.8 Å². The quantitative estimate of drug-likeness (QED) is 0.674. The van der Waals surface area contributed by atoms with Gasteiger partial charge in [-0.25, -0.2) is 9.67 Å². The summed E-state index contributed by atoms with van der Waals surface area (Å²) in [5, 5.41) is 7.97. The van der Waals surface area contributed by atoms with E-state index in [2.05, 4.69) is 15.4 Å². The van der Waals surface area contributed by atoms with Gasteiger partial charge in [0.1, 0.15) is 11.6 Å². The molecule has 3 rings (SSSR count). The molecule has 0 aliphatic heterocycles. The summed E-state index contributed by atoms with van der Waals surface area (Å²) in [4.78, 5) is 16.9. The minimum Gasteiger partial charge on any atom is -0.354 e. The highest BCUT2D eigenvalue weighted by molar-refractivity contribution is 6.31. The van der Waals surface area contributed by atoms with Crippen LogP contribution in [0.4, 0.5) is 0 Å². The van der Waals surface area contributed by atoms with Crippen molar-refractivity contribution in [2.75, 3.05) is 6.54 Å². The second kappa shape index (κ2) is 8.82. The average molecular weight is 383 g/mol. The van der Waals surface area contributed by atoms with E-state index in [0.29, 0.717) is 24.5 Å². The summed E-state index contributed by atoms with van der Waals surface area (Å²) in [6.07, 6.45) is 0.336. The van der Waals surface area contributed by atoms with Crippen LogP contribution in [0.3, 0.4) is 0 Å². The maximum Gasteiger partial charge on any atom is 0.221 e. The number of rotatable bonds is 7. The number of hydrogen-bond donors (Lipinski definition) is 1. The lowest BCUT2D eigenvalue weighted by molar-refractivity contribution is -0.121. The molecule has 1 N–H and O–H groups in total. The molecular formula is C21H23ClN4O. The second-order valence-electron chi connectivity index (χ2n) is 6.47. The van der Waals surface area contributed by atoms with Crippen molar-refractivity contribution < 1.29 is 4.79 Å². The van der Waals surface area contributed by atoms with Crippen molar-refractivity contribution in [3.63, 3.8) is 0 Å². The molecule has 1 aromatic heterocycles. The largest absolute Gasteiger partial charge is 0.354 e. The smallest absolute Gasteiger partial charge is 0.221 e. The van der Waals surface area contributed by atoms with Crippen LogP contribution in [-0.4, -0.2) is 27.2 Å². The maximum atomic E-state index is 12.6. The number of nitrogens with one attached hydrogen (secondary N) is 1. The lowest BCUT2D eigenvalue weighted by atomic mass is 9.88. The standard InChI is InChI=1S/C21H23ClN4O/c1-15-24-16(2)26(25-15)13-12-23-21(27)14-19(17-8-4-3-5-9-17)18-10-6-7-11-20(18)22/h3-11,19H,12-14H2,1-2H3,(H,23,27). The van der Waals surface area contributed by atoms with Gasteiger partial charge in [0.05, 0.1) is 6.54 Å². The maximum absolute atomic E-state index is 12.6. The fraction of sp³-hybridized carbons (Fsp3) is 0.286. The Bertz CT molecular complexity index is 908. The molecule has 6 heteroatoms. The molecule has 0 spiro atoms. The molecule has 0 saturated carbocycles. The summed E-state index contributed by atoms with van der Waals surface area (Å²) >= 11 is 6.41. The first-order valence-electron chi connectivity index (χ1n) is 8.98. The van der Waals surface area contributed by atoms with Crippen molar-refractivity contribution in [1.29, 1.82) is 0 Å². The van der Waals surface area contributed by atoms with Gasteiger partial charge in [0, 0.05) is 23.9 Å². The molecule has 0 aliphatic carbocycles. The fourth-order valence-corrected chi connectivity index (χ4v) is 3.45. The van der Waals surface area contributed by atoms with Gasteiger partial charge in [-0.3, -0.25) is 4.79 Å². The number of aromatic nitrogens is 3. The highest BCUT2D eigenvalue weighted by Gasteiger charge is 2.20. The number of carbonyl (C=O) groups is 1. The lowest BCUT2D eigenvalue weighted by Gasteiger charge is -2.19. The molecule has 0 saturated heterocycles. The van der Waals surface area contributed by atoms with Gasteiger partial charge in [0.25, 0.3) is 0 Å². The molecule has 0 radical (unpaired) electrons. The summed E-state index contributed by atoms with van der Waals surface area (Å²) in [7, 11) is 0. The number of nitrogens with zero attached hydrogens (tertiary/aromatic N) is 3. The van der Waals surface area contributed by atoms with Crippen LogP contribution < -0.4 is 5.32 Å². The molecule has 2 aromatic carbocycles. The van der Waals surface area contributed by atoms with E-state index in [0.717, 1.165) is 22.8 Å². The van der Waals surface area contributed by atoms with Gasteiger partial charge in [-0.15, -0.1) is 0 Å². The lowest BCUT2D eigenvalue weighted by Crippen LogP contribution is -2.29. The Balaban J connectivity index is 1.68. The molecule has 140 valence electrons. The van der Waals surface area contributed by atoms with Crippen LogP contribution in [0.15, 0.2) is 54.6 Å². The van der Waals surface area contributed by atoms with E-state index >= 15 is 0 Å². The number of amides is 1. The third-order valence-electron chi connectivity index (χ3n) is 4.48. The molecular weight excluding hydrogens is 360 g/mol. The normalized spacial score (nSPS) is 12.0. The predicted molar refractivity (Wildman–Crippen MR) is 107 cm³/mol. The van der Waals surface area contributed by atoms with Crippen molar-refractivity contribution in [2.45, 2.75) is 32.7 Å². The second-order valence-corrected chi connectivity index (χ2v) is 6.88. The first kappa shape index (κ1) is 19.1. The zero-order chi connectivity index (χ0) is 19.2. The van der Waals surface area contributed by atoms with Crippen molar-refractivity contribution in [3.05, 3.63) is 82.4 Å². The molecule has 1 unspecified atom stereocenters. The van der Waals surface area contributed by atoms with Crippen LogP contribution in [0.5, 0.6) is 0 Å². The van der Waals surface area contributed by atoms with Gasteiger partial charge in [-0.2, -0.15) is 5.10 Å². The number of halogens is 1. The van der Waals surface area contributed by atoms with Gasteiger partial charge in [-0.05, 0) is 31.0 Å². The van der Waals surface area contributed by atoms with E-state index in [1.165, 1.54) is 0 Å². The molecule has 0 aliphatic rings. The van der Waals surface area contributed by atoms with Gasteiger partial charge in [0.2, 0.25) is 5.91 Å². The first-order chi connectivity index (χ1) is 13.0. The number of aryl methyl sites for hydroxylation is 2. The topological polar surface area (TPSA) is 59.8 Å². The van der Waals surface area contributed by atoms with Gasteiger partial charge < -0.3 is 5.32 Å². The van der Waals surface area contributed by atoms with E-state index in [4.69, 9.17) is 11.6 Å². The number of carbonyl (C=O) groups excluding carboxylic acids is 1. The monoisotopic (exact) mass is 382 g/mol. The zero-order valence-electron chi connectivity index (χ0n) is 15.5. The molecule has 1 amide bonds. The zero-order valence-corrected chi connectivity index (χ0v) is 16.3. The van der Waals surface area contributed by atoms with E-state index in [1.807, 2.05) is 68.4 Å². The molecule has 1 heterocycles. The summed E-state index contributed by atoms with van der Waals surface area (Å²) in [5.74, 6) is 1.48. The molecule has 3 aromatic rings. The molecule has 5 nitrogen and oxygen atoms in total. The Morgan fingerprint density at radius 1 is 1.11 bits per heavy atom. The molecule has 27 heavy (non-hydrogen) atoms. The summed E-state index contributed by atoms with van der Waals surface area (Å²) in [5.41, 5.74) is 2.03. The third kappa shape index (κ3) is 4.95. The van der Waals surface area contributed by atoms with E-state index in [1.54, 1.807) is 4.68 Å². The van der Waals surface area contributed by atoms with Crippen LogP contribution in [0.1, 0.15) is 35.1 Å². The summed E-state index contributed by atoms with van der Waals surface area (Å²) in [6, 6.07) is 17.7. The number of benzene rings is 2. The molecule has 1 atom stereocenters. The Morgan fingerprint density at radius 2 is 1.81 bits per heavy atom. The van der Waals surface area contributed by atoms with Crippen molar-refractivity contribution in [2.24, 2.45) is 0 Å². The molecule has 0 bridgehead atoms. The summed E-state index contributed by atoms with van der Waals surface area (Å²) < 4.78 is 1.80. The first-order valence-corrected chi connectivity index (χ1v) is 9.36. The fourth-order valence-electron chi connectivity index (χ4n) is 3.18. The number of hydrogen-bond acceptors (Lipinski definition) is 3. The Kier molecular flexibility index (Phi) is 6.24. The van der Waals surface area contributed by atoms with Gasteiger partial charge in [0.15, 0.2) is 0 Å². The average Bonchev–Trinajstić information content (AvgIpc) is 2.98. The van der Waals surface area contributed by atoms with Crippen LogP contribution >= 0.6 is 11.6 Å². The highest BCUT2D eigenvalue weighted by Crippen LogP contribution is 2.32. The minimum atomic E-state index is -0.0877. The Hall–Kier alpha value is -2.66. The molecule has 0 fully saturated rings. The Morgan fingerprint density at radius 3 is 2.48 bits per heavy atom. The van der Waals surface area contributed by atoms with Crippen LogP contribution in [0.2, 0.25) is 5.02 Å². The van der Waals surface area contributed by atoms with Crippen molar-refractivity contribution in [3.8, 4) is 0 Å². The predicted octanol–water partition coefficient (Wildman–Crippen LogP) is 3.89.